The van der Waals surface area contributed by atoms with Gasteiger partial charge in [0.15, 0.2) is 0 Å². The third kappa shape index (κ3) is 4.82. The molecule has 9 heteroatoms. The van der Waals surface area contributed by atoms with Crippen LogP contribution >= 0.6 is 0 Å². The van der Waals surface area contributed by atoms with Gasteiger partial charge in [0.1, 0.15) is 5.75 Å². The van der Waals surface area contributed by atoms with Gasteiger partial charge in [0, 0.05) is 23.9 Å². The van der Waals surface area contributed by atoms with Crippen molar-refractivity contribution in [3.63, 3.8) is 0 Å². The Hall–Kier alpha value is -3.88. The van der Waals surface area contributed by atoms with Gasteiger partial charge in [-0.3, -0.25) is 9.79 Å². The Kier molecular flexibility index (Phi) is 5.33. The highest BCUT2D eigenvalue weighted by atomic mass is 19.4. The topological polar surface area (TPSA) is 72.8 Å². The van der Waals surface area contributed by atoms with Crippen molar-refractivity contribution < 1.29 is 27.4 Å². The monoisotopic (exact) mass is 427 g/mol. The number of aromatic nitrogens is 1. The average molecular weight is 427 g/mol. The molecule has 2 heterocycles. The zero-order chi connectivity index (χ0) is 22.0. The third-order valence-corrected chi connectivity index (χ3v) is 4.53. The first kappa shape index (κ1) is 20.4. The maximum atomic E-state index is 12.5. The number of fused-ring (bicyclic) bond motifs is 1. The number of carbonyl (C=O) groups is 1. The second-order valence-corrected chi connectivity index (χ2v) is 6.68. The maximum Gasteiger partial charge on any atom is 0.573 e. The first-order chi connectivity index (χ1) is 14.8. The van der Waals surface area contributed by atoms with Crippen molar-refractivity contribution in [2.45, 2.75) is 12.8 Å². The summed E-state index contributed by atoms with van der Waals surface area (Å²) in [6.45, 7) is 0. The number of ether oxygens (including phenoxy) is 2. The van der Waals surface area contributed by atoms with Crippen LogP contribution in [0, 0.1) is 0 Å². The van der Waals surface area contributed by atoms with E-state index in [2.05, 4.69) is 20.0 Å². The molecule has 0 radical (unpaired) electrons. The van der Waals surface area contributed by atoms with Gasteiger partial charge in [0.2, 0.25) is 11.8 Å². The molecule has 3 aromatic rings. The van der Waals surface area contributed by atoms with Crippen LogP contribution in [0.25, 0.3) is 11.1 Å². The van der Waals surface area contributed by atoms with E-state index in [4.69, 9.17) is 4.74 Å². The second kappa shape index (κ2) is 8.10. The van der Waals surface area contributed by atoms with Crippen LogP contribution in [0.4, 0.5) is 24.5 Å². The third-order valence-electron chi connectivity index (χ3n) is 4.53. The number of hydrogen-bond acceptors (Lipinski definition) is 5. The summed E-state index contributed by atoms with van der Waals surface area (Å²) in [7, 11) is 1.54. The maximum absolute atomic E-state index is 12.5. The van der Waals surface area contributed by atoms with Crippen molar-refractivity contribution in [3.05, 3.63) is 66.4 Å². The molecule has 1 aliphatic heterocycles. The number of pyridine rings is 1. The van der Waals surface area contributed by atoms with Crippen LogP contribution in [-0.4, -0.2) is 30.1 Å². The number of rotatable bonds is 4. The number of benzene rings is 2. The molecule has 1 aliphatic rings. The Bertz CT molecular complexity index is 1160. The highest BCUT2D eigenvalue weighted by Gasteiger charge is 2.31. The van der Waals surface area contributed by atoms with Gasteiger partial charge in [0.25, 0.3) is 0 Å². The van der Waals surface area contributed by atoms with Crippen molar-refractivity contribution in [2.75, 3.05) is 12.4 Å². The quantitative estimate of drug-likeness (QED) is 0.627. The van der Waals surface area contributed by atoms with Crippen LogP contribution in [-0.2, 0) is 4.79 Å². The van der Waals surface area contributed by atoms with E-state index in [1.54, 1.807) is 12.3 Å². The molecule has 1 aromatic heterocycles. The largest absolute Gasteiger partial charge is 0.573 e. The van der Waals surface area contributed by atoms with Gasteiger partial charge in [0.05, 0.1) is 30.6 Å². The highest BCUT2D eigenvalue weighted by molar-refractivity contribution is 6.17. The van der Waals surface area contributed by atoms with Crippen LogP contribution in [0.2, 0.25) is 0 Å². The fourth-order valence-electron chi connectivity index (χ4n) is 3.16. The molecule has 0 saturated carbocycles. The van der Waals surface area contributed by atoms with Gasteiger partial charge >= 0.3 is 6.36 Å². The molecule has 4 rings (SSSR count). The standard InChI is InChI=1S/C22H16F3N3O3/c1-30-21-8-5-15(12-26-21)13-3-2-4-14(9-13)18-11-20(29)28-19-10-16(31-22(23,24)25)6-7-17(19)27-18/h2-10,12H,11H2,1H3,(H,28,29). The molecular weight excluding hydrogens is 411 g/mol. The first-order valence-corrected chi connectivity index (χ1v) is 9.19. The molecule has 158 valence electrons. The minimum Gasteiger partial charge on any atom is -0.481 e. The first-order valence-electron chi connectivity index (χ1n) is 9.19. The molecule has 31 heavy (non-hydrogen) atoms. The fraction of sp³-hybridized carbons (Fsp3) is 0.136. The summed E-state index contributed by atoms with van der Waals surface area (Å²) < 4.78 is 46.5. The van der Waals surface area contributed by atoms with Crippen LogP contribution in [0.1, 0.15) is 12.0 Å². The number of methoxy groups -OCH3 is 1. The van der Waals surface area contributed by atoms with Crippen molar-refractivity contribution in [2.24, 2.45) is 4.99 Å². The predicted molar refractivity (Wildman–Crippen MR) is 109 cm³/mol. The molecule has 0 atom stereocenters. The van der Waals surface area contributed by atoms with Gasteiger partial charge in [-0.15, -0.1) is 13.2 Å². The van der Waals surface area contributed by atoms with Crippen molar-refractivity contribution in [1.82, 2.24) is 4.98 Å². The van der Waals surface area contributed by atoms with E-state index in [9.17, 15) is 18.0 Å². The van der Waals surface area contributed by atoms with Crippen LogP contribution in [0.15, 0.2) is 65.8 Å². The Balaban J connectivity index is 1.68. The minimum atomic E-state index is -4.83. The lowest BCUT2D eigenvalue weighted by Crippen LogP contribution is -2.17. The number of nitrogens with one attached hydrogen (secondary N) is 1. The molecule has 0 fully saturated rings. The van der Waals surface area contributed by atoms with Crippen molar-refractivity contribution in [3.8, 4) is 22.8 Å². The number of carbonyl (C=O) groups excluding carboxylic acids is 1. The minimum absolute atomic E-state index is 0.0333. The van der Waals surface area contributed by atoms with E-state index in [1.165, 1.54) is 13.2 Å². The number of amides is 1. The normalized spacial score (nSPS) is 13.5. The second-order valence-electron chi connectivity index (χ2n) is 6.68. The zero-order valence-corrected chi connectivity index (χ0v) is 16.2. The van der Waals surface area contributed by atoms with E-state index >= 15 is 0 Å². The van der Waals surface area contributed by atoms with Gasteiger partial charge in [-0.25, -0.2) is 4.98 Å². The van der Waals surface area contributed by atoms with E-state index in [0.717, 1.165) is 23.3 Å². The molecule has 0 unspecified atom stereocenters. The van der Waals surface area contributed by atoms with E-state index in [-0.39, 0.29) is 12.1 Å². The van der Waals surface area contributed by atoms with E-state index in [0.29, 0.717) is 22.8 Å². The summed E-state index contributed by atoms with van der Waals surface area (Å²) in [5.41, 5.74) is 3.42. The number of halogens is 3. The number of nitrogens with zero attached hydrogens (tertiary/aromatic N) is 2. The number of hydrogen-bond donors (Lipinski definition) is 1. The van der Waals surface area contributed by atoms with Crippen LogP contribution in [0.5, 0.6) is 11.6 Å². The lowest BCUT2D eigenvalue weighted by Gasteiger charge is -2.11. The average Bonchev–Trinajstić information content (AvgIpc) is 2.90. The molecule has 0 aliphatic carbocycles. The molecular formula is C22H16F3N3O3. The molecule has 1 amide bonds. The lowest BCUT2D eigenvalue weighted by molar-refractivity contribution is -0.274. The summed E-state index contributed by atoms with van der Waals surface area (Å²) in [6.07, 6.45) is -3.18. The Labute approximate surface area is 175 Å². The van der Waals surface area contributed by atoms with Gasteiger partial charge in [-0.2, -0.15) is 0 Å². The Morgan fingerprint density at radius 2 is 1.81 bits per heavy atom. The summed E-state index contributed by atoms with van der Waals surface area (Å²) in [4.78, 5) is 21.1. The Morgan fingerprint density at radius 1 is 1.00 bits per heavy atom. The van der Waals surface area contributed by atoms with Gasteiger partial charge in [-0.1, -0.05) is 18.2 Å². The van der Waals surface area contributed by atoms with E-state index < -0.39 is 18.0 Å². The SMILES string of the molecule is COc1ccc(-c2cccc(C3=Nc4ccc(OC(F)(F)F)cc4NC(=O)C3)c2)cn1. The predicted octanol–water partition coefficient (Wildman–Crippen LogP) is 5.12. The fourth-order valence-corrected chi connectivity index (χ4v) is 3.16. The molecule has 0 bridgehead atoms. The smallest absolute Gasteiger partial charge is 0.481 e. The molecule has 2 aromatic carbocycles. The van der Waals surface area contributed by atoms with Crippen LogP contribution < -0.4 is 14.8 Å². The zero-order valence-electron chi connectivity index (χ0n) is 16.2. The van der Waals surface area contributed by atoms with Gasteiger partial charge < -0.3 is 14.8 Å². The summed E-state index contributed by atoms with van der Waals surface area (Å²) in [5.74, 6) is -0.326. The summed E-state index contributed by atoms with van der Waals surface area (Å²) in [5, 5.41) is 2.58. The highest BCUT2D eigenvalue weighted by Crippen LogP contribution is 2.35. The lowest BCUT2D eigenvalue weighted by atomic mass is 10.0. The number of anilines is 1. The Morgan fingerprint density at radius 3 is 2.52 bits per heavy atom. The number of aliphatic imine (C=N–C) groups is 1. The van der Waals surface area contributed by atoms with Crippen LogP contribution in [0.3, 0.4) is 0 Å². The summed E-state index contributed by atoms with van der Waals surface area (Å²) in [6, 6.07) is 14.7. The molecule has 1 N–H and O–H groups in total. The van der Waals surface area contributed by atoms with Gasteiger partial charge in [-0.05, 0) is 35.4 Å². The number of alkyl halides is 3. The summed E-state index contributed by atoms with van der Waals surface area (Å²) >= 11 is 0. The van der Waals surface area contributed by atoms with E-state index in [1.807, 2.05) is 30.3 Å². The van der Waals surface area contributed by atoms with Crippen molar-refractivity contribution >= 4 is 23.0 Å². The molecule has 0 spiro atoms. The molecule has 6 nitrogen and oxygen atoms in total. The molecule has 0 saturated heterocycles. The van der Waals surface area contributed by atoms with Crippen molar-refractivity contribution in [1.29, 1.82) is 0 Å².